The van der Waals surface area contributed by atoms with Gasteiger partial charge in [-0.3, -0.25) is 9.78 Å². The number of nitrogens with zero attached hydrogens (tertiary/aromatic N) is 2. The van der Waals surface area contributed by atoms with Crippen LogP contribution in [0.2, 0.25) is 5.15 Å². The van der Waals surface area contributed by atoms with Crippen LogP contribution in [-0.4, -0.2) is 34.1 Å². The third-order valence-corrected chi connectivity index (χ3v) is 2.76. The summed E-state index contributed by atoms with van der Waals surface area (Å²) in [7, 11) is 0. The van der Waals surface area contributed by atoms with E-state index in [1.165, 1.54) is 12.4 Å². The average molecular weight is 272 g/mol. The molecule has 1 aromatic rings. The summed E-state index contributed by atoms with van der Waals surface area (Å²) < 4.78 is 0. The summed E-state index contributed by atoms with van der Waals surface area (Å²) >= 11 is 5.67. The van der Waals surface area contributed by atoms with Crippen LogP contribution in [-0.2, 0) is 0 Å². The van der Waals surface area contributed by atoms with Crippen LogP contribution in [0.1, 0.15) is 37.2 Å². The Labute approximate surface area is 112 Å². The van der Waals surface area contributed by atoms with Crippen LogP contribution in [0.15, 0.2) is 12.4 Å². The van der Waals surface area contributed by atoms with E-state index in [9.17, 15) is 4.79 Å². The van der Waals surface area contributed by atoms with Gasteiger partial charge in [-0.1, -0.05) is 25.4 Å². The van der Waals surface area contributed by atoms with E-state index < -0.39 is 0 Å². The van der Waals surface area contributed by atoms with Gasteiger partial charge in [-0.2, -0.15) is 0 Å². The van der Waals surface area contributed by atoms with E-state index >= 15 is 0 Å². The van der Waals surface area contributed by atoms with Crippen molar-refractivity contribution in [1.29, 1.82) is 0 Å². The standard InChI is InChI=1S/C12H18ClN3O2/c1-12(2,4-3-5-17)8-15-11(18)9-6-14-7-10(13)16-9/h6-7,17H,3-5,8H2,1-2H3,(H,15,18). The highest BCUT2D eigenvalue weighted by Crippen LogP contribution is 2.20. The van der Waals surface area contributed by atoms with Gasteiger partial charge in [0.05, 0.1) is 12.4 Å². The van der Waals surface area contributed by atoms with E-state index in [4.69, 9.17) is 16.7 Å². The lowest BCUT2D eigenvalue weighted by Crippen LogP contribution is -2.34. The molecular formula is C12H18ClN3O2. The molecule has 0 fully saturated rings. The van der Waals surface area contributed by atoms with Gasteiger partial charge in [0.25, 0.3) is 5.91 Å². The molecule has 0 bridgehead atoms. The molecule has 100 valence electrons. The summed E-state index contributed by atoms with van der Waals surface area (Å²) in [5.41, 5.74) is 0.144. The summed E-state index contributed by atoms with van der Waals surface area (Å²) in [4.78, 5) is 19.5. The zero-order valence-corrected chi connectivity index (χ0v) is 11.4. The van der Waals surface area contributed by atoms with Gasteiger partial charge >= 0.3 is 0 Å². The van der Waals surface area contributed by atoms with Gasteiger partial charge in [-0.05, 0) is 18.3 Å². The number of aliphatic hydroxyl groups excluding tert-OH is 1. The van der Waals surface area contributed by atoms with Crippen molar-refractivity contribution in [1.82, 2.24) is 15.3 Å². The van der Waals surface area contributed by atoms with Crippen LogP contribution in [0.4, 0.5) is 0 Å². The second-order valence-corrected chi connectivity index (χ2v) is 5.29. The quantitative estimate of drug-likeness (QED) is 0.825. The smallest absolute Gasteiger partial charge is 0.271 e. The van der Waals surface area contributed by atoms with Gasteiger partial charge in [0.15, 0.2) is 0 Å². The summed E-state index contributed by atoms with van der Waals surface area (Å²) in [6.07, 6.45) is 4.32. The molecule has 0 atom stereocenters. The number of amides is 1. The first-order chi connectivity index (χ1) is 8.44. The van der Waals surface area contributed by atoms with Gasteiger partial charge in [0, 0.05) is 13.2 Å². The van der Waals surface area contributed by atoms with Gasteiger partial charge in [-0.15, -0.1) is 0 Å². The van der Waals surface area contributed by atoms with Gasteiger partial charge in [0.1, 0.15) is 10.8 Å². The number of carbonyl (C=O) groups is 1. The Balaban J connectivity index is 2.50. The second-order valence-electron chi connectivity index (χ2n) is 4.90. The first kappa shape index (κ1) is 14.9. The Hall–Kier alpha value is -1.20. The van der Waals surface area contributed by atoms with E-state index in [2.05, 4.69) is 15.3 Å². The molecule has 5 nitrogen and oxygen atoms in total. The van der Waals surface area contributed by atoms with Crippen molar-refractivity contribution in [2.24, 2.45) is 5.41 Å². The summed E-state index contributed by atoms with van der Waals surface area (Å²) in [5.74, 6) is -0.290. The van der Waals surface area contributed by atoms with E-state index in [1.807, 2.05) is 13.8 Å². The number of hydrogen-bond donors (Lipinski definition) is 2. The fourth-order valence-electron chi connectivity index (χ4n) is 1.51. The normalized spacial score (nSPS) is 11.3. The molecule has 0 unspecified atom stereocenters. The first-order valence-corrected chi connectivity index (χ1v) is 6.19. The van der Waals surface area contributed by atoms with Gasteiger partial charge in [0.2, 0.25) is 0 Å². The molecule has 0 aliphatic rings. The number of hydrogen-bond acceptors (Lipinski definition) is 4. The highest BCUT2D eigenvalue weighted by molar-refractivity contribution is 6.29. The SMILES string of the molecule is CC(C)(CCCO)CNC(=O)c1cncc(Cl)n1. The fourth-order valence-corrected chi connectivity index (χ4v) is 1.66. The molecular weight excluding hydrogens is 254 g/mol. The topological polar surface area (TPSA) is 75.1 Å². The van der Waals surface area contributed by atoms with Gasteiger partial charge in [-0.25, -0.2) is 4.98 Å². The largest absolute Gasteiger partial charge is 0.396 e. The molecule has 0 saturated heterocycles. The van der Waals surface area contributed by atoms with E-state index in [-0.39, 0.29) is 28.8 Å². The molecule has 1 heterocycles. The third kappa shape index (κ3) is 4.98. The fraction of sp³-hybridized carbons (Fsp3) is 0.583. The summed E-state index contributed by atoms with van der Waals surface area (Å²) in [6.45, 7) is 4.75. The van der Waals surface area contributed by atoms with Crippen molar-refractivity contribution >= 4 is 17.5 Å². The minimum Gasteiger partial charge on any atom is -0.396 e. The number of nitrogens with one attached hydrogen (secondary N) is 1. The van der Waals surface area contributed by atoms with E-state index in [0.29, 0.717) is 6.54 Å². The first-order valence-electron chi connectivity index (χ1n) is 5.81. The number of aliphatic hydroxyl groups is 1. The molecule has 0 saturated carbocycles. The lowest BCUT2D eigenvalue weighted by Gasteiger charge is -2.24. The molecule has 6 heteroatoms. The number of aromatic nitrogens is 2. The monoisotopic (exact) mass is 271 g/mol. The molecule has 0 spiro atoms. The van der Waals surface area contributed by atoms with Crippen molar-refractivity contribution < 1.29 is 9.90 Å². The van der Waals surface area contributed by atoms with Crippen molar-refractivity contribution in [3.63, 3.8) is 0 Å². The van der Waals surface area contributed by atoms with Crippen LogP contribution in [0.3, 0.4) is 0 Å². The van der Waals surface area contributed by atoms with Gasteiger partial charge < -0.3 is 10.4 Å². The molecule has 0 aliphatic heterocycles. The van der Waals surface area contributed by atoms with Crippen LogP contribution in [0.25, 0.3) is 0 Å². The van der Waals surface area contributed by atoms with Crippen molar-refractivity contribution in [2.75, 3.05) is 13.2 Å². The van der Waals surface area contributed by atoms with Crippen LogP contribution >= 0.6 is 11.6 Å². The number of carbonyl (C=O) groups excluding carboxylic acids is 1. The Morgan fingerprint density at radius 1 is 1.50 bits per heavy atom. The minimum absolute atomic E-state index is 0.0651. The molecule has 1 amide bonds. The van der Waals surface area contributed by atoms with Crippen LogP contribution in [0.5, 0.6) is 0 Å². The van der Waals surface area contributed by atoms with Crippen molar-refractivity contribution in [2.45, 2.75) is 26.7 Å². The molecule has 1 rings (SSSR count). The minimum atomic E-state index is -0.290. The number of halogens is 1. The second kappa shape index (κ2) is 6.66. The third-order valence-electron chi connectivity index (χ3n) is 2.58. The highest BCUT2D eigenvalue weighted by Gasteiger charge is 2.19. The maximum absolute atomic E-state index is 11.8. The zero-order valence-electron chi connectivity index (χ0n) is 10.6. The Kier molecular flexibility index (Phi) is 5.50. The van der Waals surface area contributed by atoms with Crippen molar-refractivity contribution in [3.8, 4) is 0 Å². The molecule has 1 aromatic heterocycles. The predicted octanol–water partition coefficient (Wildman–Crippen LogP) is 1.66. The Bertz CT molecular complexity index is 410. The Morgan fingerprint density at radius 3 is 2.83 bits per heavy atom. The molecule has 2 N–H and O–H groups in total. The molecule has 0 radical (unpaired) electrons. The van der Waals surface area contributed by atoms with Crippen LogP contribution < -0.4 is 5.32 Å². The van der Waals surface area contributed by atoms with Crippen molar-refractivity contribution in [3.05, 3.63) is 23.2 Å². The lowest BCUT2D eigenvalue weighted by molar-refractivity contribution is 0.0927. The van der Waals surface area contributed by atoms with E-state index in [1.54, 1.807) is 0 Å². The maximum atomic E-state index is 11.8. The van der Waals surface area contributed by atoms with E-state index in [0.717, 1.165) is 12.8 Å². The molecule has 0 aromatic carbocycles. The zero-order chi connectivity index (χ0) is 13.6. The summed E-state index contributed by atoms with van der Waals surface area (Å²) in [6, 6.07) is 0. The molecule has 0 aliphatic carbocycles. The summed E-state index contributed by atoms with van der Waals surface area (Å²) in [5, 5.41) is 11.8. The lowest BCUT2D eigenvalue weighted by atomic mass is 9.88. The Morgan fingerprint density at radius 2 is 2.22 bits per heavy atom. The van der Waals surface area contributed by atoms with Crippen LogP contribution in [0, 0.1) is 5.41 Å². The predicted molar refractivity (Wildman–Crippen MR) is 69.5 cm³/mol. The molecule has 18 heavy (non-hydrogen) atoms. The average Bonchev–Trinajstić information content (AvgIpc) is 2.34. The highest BCUT2D eigenvalue weighted by atomic mass is 35.5. The maximum Gasteiger partial charge on any atom is 0.271 e. The number of rotatable bonds is 6.